The first-order valence-electron chi connectivity index (χ1n) is 10.4. The first-order chi connectivity index (χ1) is 13.7. The Morgan fingerprint density at radius 1 is 1.07 bits per heavy atom. The van der Waals surface area contributed by atoms with E-state index in [9.17, 15) is 4.79 Å². The van der Waals surface area contributed by atoms with E-state index in [-0.39, 0.29) is 6.09 Å². The van der Waals surface area contributed by atoms with E-state index in [1.54, 1.807) is 0 Å². The number of nitrogens with one attached hydrogen (secondary N) is 1. The van der Waals surface area contributed by atoms with Crippen LogP contribution in [-0.2, 0) is 17.8 Å². The Bertz CT molecular complexity index is 971. The van der Waals surface area contributed by atoms with Crippen LogP contribution >= 0.6 is 0 Å². The number of nitrogens with zero attached hydrogens (tertiary/aromatic N) is 2. The first kappa shape index (κ1) is 18.8. The van der Waals surface area contributed by atoms with E-state index in [0.29, 0.717) is 12.6 Å². The summed E-state index contributed by atoms with van der Waals surface area (Å²) in [5.74, 6) is 0. The summed E-state index contributed by atoms with van der Waals surface area (Å²) >= 11 is 0. The molecule has 0 spiro atoms. The van der Waals surface area contributed by atoms with Crippen LogP contribution < -0.4 is 5.32 Å². The second kappa shape index (κ2) is 8.23. The number of fused-ring (bicyclic) bond motifs is 3. The van der Waals surface area contributed by atoms with Crippen LogP contribution in [0.1, 0.15) is 32.3 Å². The number of amides is 1. The summed E-state index contributed by atoms with van der Waals surface area (Å²) < 4.78 is 7.48. The zero-order valence-corrected chi connectivity index (χ0v) is 16.8. The number of aryl methyl sites for hydroxylation is 1. The van der Waals surface area contributed by atoms with Crippen LogP contribution in [0.2, 0.25) is 0 Å². The summed E-state index contributed by atoms with van der Waals surface area (Å²) in [5.41, 5.74) is 3.91. The molecule has 0 saturated carbocycles. The lowest BCUT2D eigenvalue weighted by Gasteiger charge is -2.31. The van der Waals surface area contributed by atoms with Gasteiger partial charge in [0.15, 0.2) is 0 Å². The number of hydrogen-bond donors (Lipinski definition) is 1. The van der Waals surface area contributed by atoms with Crippen molar-refractivity contribution in [1.82, 2.24) is 14.8 Å². The predicted molar refractivity (Wildman–Crippen MR) is 114 cm³/mol. The first-order valence-corrected chi connectivity index (χ1v) is 10.4. The molecule has 5 nitrogen and oxygen atoms in total. The lowest BCUT2D eigenvalue weighted by molar-refractivity contribution is 0.0950. The minimum atomic E-state index is -0.182. The highest BCUT2D eigenvalue weighted by atomic mass is 16.6. The Morgan fingerprint density at radius 3 is 2.57 bits per heavy atom. The molecule has 5 heteroatoms. The molecule has 0 unspecified atom stereocenters. The molecule has 148 valence electrons. The van der Waals surface area contributed by atoms with Crippen molar-refractivity contribution in [1.29, 1.82) is 0 Å². The van der Waals surface area contributed by atoms with Crippen molar-refractivity contribution >= 4 is 27.9 Å². The third-order valence-corrected chi connectivity index (χ3v) is 5.77. The van der Waals surface area contributed by atoms with Gasteiger partial charge in [0.2, 0.25) is 0 Å². The standard InChI is InChI=1S/C23H29N3O2/c1-3-26-21-8-6-5-7-19(21)20-15-17(9-10-22(20)26)16-24-18-11-13-25(14-12-18)23(27)28-4-2/h5-10,15,18,24H,3-4,11-14,16H2,1-2H3. The Balaban J connectivity index is 1.43. The summed E-state index contributed by atoms with van der Waals surface area (Å²) in [4.78, 5) is 13.6. The fraction of sp³-hybridized carbons (Fsp3) is 0.435. The number of carbonyl (C=O) groups is 1. The smallest absolute Gasteiger partial charge is 0.409 e. The van der Waals surface area contributed by atoms with Crippen molar-refractivity contribution in [2.45, 2.75) is 45.8 Å². The molecule has 0 radical (unpaired) electrons. The molecule has 28 heavy (non-hydrogen) atoms. The molecule has 1 N–H and O–H groups in total. The van der Waals surface area contributed by atoms with Crippen molar-refractivity contribution in [2.75, 3.05) is 19.7 Å². The molecule has 0 aliphatic carbocycles. The van der Waals surface area contributed by atoms with Gasteiger partial charge < -0.3 is 19.5 Å². The lowest BCUT2D eigenvalue weighted by atomic mass is 10.0. The number of para-hydroxylation sites is 1. The molecule has 1 fully saturated rings. The fourth-order valence-electron chi connectivity index (χ4n) is 4.29. The van der Waals surface area contributed by atoms with Crippen LogP contribution in [0.15, 0.2) is 42.5 Å². The zero-order valence-electron chi connectivity index (χ0n) is 16.8. The van der Waals surface area contributed by atoms with Gasteiger partial charge in [-0.15, -0.1) is 0 Å². The fourth-order valence-corrected chi connectivity index (χ4v) is 4.29. The van der Waals surface area contributed by atoms with Gasteiger partial charge >= 0.3 is 6.09 Å². The molecule has 0 atom stereocenters. The van der Waals surface area contributed by atoms with Crippen LogP contribution in [0.5, 0.6) is 0 Å². The van der Waals surface area contributed by atoms with Gasteiger partial charge in [0, 0.05) is 54.0 Å². The average Bonchev–Trinajstić information content (AvgIpc) is 3.06. The van der Waals surface area contributed by atoms with E-state index in [0.717, 1.165) is 39.0 Å². The molecule has 4 rings (SSSR count). The van der Waals surface area contributed by atoms with Crippen LogP contribution in [0.4, 0.5) is 4.79 Å². The topological polar surface area (TPSA) is 46.5 Å². The summed E-state index contributed by atoms with van der Waals surface area (Å²) in [6.07, 6.45) is 1.76. The van der Waals surface area contributed by atoms with E-state index in [1.165, 1.54) is 27.4 Å². The van der Waals surface area contributed by atoms with Gasteiger partial charge in [-0.1, -0.05) is 24.3 Å². The van der Waals surface area contributed by atoms with Gasteiger partial charge in [0.1, 0.15) is 0 Å². The third-order valence-electron chi connectivity index (χ3n) is 5.77. The highest BCUT2D eigenvalue weighted by Gasteiger charge is 2.23. The van der Waals surface area contributed by atoms with Gasteiger partial charge in [0.05, 0.1) is 6.61 Å². The van der Waals surface area contributed by atoms with E-state index in [1.807, 2.05) is 11.8 Å². The molecule has 1 aromatic heterocycles. The maximum Gasteiger partial charge on any atom is 0.409 e. The number of piperidine rings is 1. The maximum atomic E-state index is 11.8. The number of ether oxygens (including phenoxy) is 1. The van der Waals surface area contributed by atoms with E-state index in [4.69, 9.17) is 4.74 Å². The molecule has 1 amide bonds. The minimum Gasteiger partial charge on any atom is -0.450 e. The van der Waals surface area contributed by atoms with Crippen molar-refractivity contribution < 1.29 is 9.53 Å². The highest BCUT2D eigenvalue weighted by Crippen LogP contribution is 2.29. The van der Waals surface area contributed by atoms with Gasteiger partial charge in [-0.25, -0.2) is 4.79 Å². The van der Waals surface area contributed by atoms with E-state index >= 15 is 0 Å². The number of hydrogen-bond acceptors (Lipinski definition) is 3. The van der Waals surface area contributed by atoms with Crippen LogP contribution in [-0.4, -0.2) is 41.3 Å². The lowest BCUT2D eigenvalue weighted by Crippen LogP contribution is -2.44. The van der Waals surface area contributed by atoms with Gasteiger partial charge in [-0.05, 0) is 50.5 Å². The van der Waals surface area contributed by atoms with Crippen molar-refractivity contribution in [3.63, 3.8) is 0 Å². The van der Waals surface area contributed by atoms with Gasteiger partial charge in [-0.3, -0.25) is 0 Å². The molecule has 0 bridgehead atoms. The Hall–Kier alpha value is -2.53. The summed E-state index contributed by atoms with van der Waals surface area (Å²) in [5, 5.41) is 6.33. The number of carbonyl (C=O) groups excluding carboxylic acids is 1. The maximum absolute atomic E-state index is 11.8. The number of rotatable bonds is 5. The number of benzene rings is 2. The molecule has 2 aromatic carbocycles. The molecule has 3 aromatic rings. The second-order valence-electron chi connectivity index (χ2n) is 7.45. The van der Waals surface area contributed by atoms with E-state index < -0.39 is 0 Å². The van der Waals surface area contributed by atoms with Gasteiger partial charge in [0.25, 0.3) is 0 Å². The monoisotopic (exact) mass is 379 g/mol. The highest BCUT2D eigenvalue weighted by molar-refractivity contribution is 6.08. The molecule has 1 aliphatic rings. The average molecular weight is 380 g/mol. The van der Waals surface area contributed by atoms with Crippen LogP contribution in [0.25, 0.3) is 21.8 Å². The molecular formula is C23H29N3O2. The predicted octanol–water partition coefficient (Wildman–Crippen LogP) is 4.52. The van der Waals surface area contributed by atoms with Gasteiger partial charge in [-0.2, -0.15) is 0 Å². The molecule has 1 saturated heterocycles. The number of likely N-dealkylation sites (tertiary alicyclic amines) is 1. The summed E-state index contributed by atoms with van der Waals surface area (Å²) in [6, 6.07) is 15.9. The normalized spacial score (nSPS) is 15.4. The molecular weight excluding hydrogens is 350 g/mol. The van der Waals surface area contributed by atoms with E-state index in [2.05, 4.69) is 59.3 Å². The quantitative estimate of drug-likeness (QED) is 0.709. The van der Waals surface area contributed by atoms with Crippen molar-refractivity contribution in [2.24, 2.45) is 0 Å². The number of aromatic nitrogens is 1. The second-order valence-corrected chi connectivity index (χ2v) is 7.45. The van der Waals surface area contributed by atoms with Crippen molar-refractivity contribution in [3.8, 4) is 0 Å². The zero-order chi connectivity index (χ0) is 19.5. The summed E-state index contributed by atoms with van der Waals surface area (Å²) in [6.45, 7) is 7.84. The Labute approximate surface area is 166 Å². The molecule has 1 aliphatic heterocycles. The molecule has 2 heterocycles. The van der Waals surface area contributed by atoms with Crippen LogP contribution in [0.3, 0.4) is 0 Å². The van der Waals surface area contributed by atoms with Crippen LogP contribution in [0, 0.1) is 0 Å². The largest absolute Gasteiger partial charge is 0.450 e. The summed E-state index contributed by atoms with van der Waals surface area (Å²) in [7, 11) is 0. The Kier molecular flexibility index (Phi) is 5.53. The Morgan fingerprint density at radius 2 is 1.82 bits per heavy atom. The SMILES string of the molecule is CCOC(=O)N1CCC(NCc2ccc3c(c2)c2ccccc2n3CC)CC1. The third kappa shape index (κ3) is 3.59. The van der Waals surface area contributed by atoms with Crippen molar-refractivity contribution in [3.05, 3.63) is 48.0 Å². The minimum absolute atomic E-state index is 0.182.